The number of hydrogen-bond donors (Lipinski definition) is 0. The standard InChI is InChI=1S/C20H16N2O7/c1-12-8-14(5-6-16(12)22(25)26)20(24)29-17-7-4-13(10-18(17)27-2)9-15(11-21)19(23)28-3/h4-10H,1-3H3. The molecule has 0 aromatic heterocycles. The lowest BCUT2D eigenvalue weighted by atomic mass is 10.1. The molecule has 0 unspecified atom stereocenters. The van der Waals surface area contributed by atoms with Crippen LogP contribution in [0.1, 0.15) is 21.5 Å². The van der Waals surface area contributed by atoms with Gasteiger partial charge in [0.15, 0.2) is 11.5 Å². The lowest BCUT2D eigenvalue weighted by molar-refractivity contribution is -0.385. The van der Waals surface area contributed by atoms with Gasteiger partial charge in [-0.15, -0.1) is 0 Å². The van der Waals surface area contributed by atoms with E-state index in [2.05, 4.69) is 4.74 Å². The zero-order valence-electron chi connectivity index (χ0n) is 15.8. The topological polar surface area (TPSA) is 129 Å². The highest BCUT2D eigenvalue weighted by Gasteiger charge is 2.17. The van der Waals surface area contributed by atoms with Crippen molar-refractivity contribution in [2.24, 2.45) is 0 Å². The average Bonchev–Trinajstić information content (AvgIpc) is 2.71. The van der Waals surface area contributed by atoms with Gasteiger partial charge in [-0.05, 0) is 42.8 Å². The van der Waals surface area contributed by atoms with E-state index in [0.717, 1.165) is 7.11 Å². The van der Waals surface area contributed by atoms with E-state index in [1.165, 1.54) is 56.5 Å². The highest BCUT2D eigenvalue weighted by Crippen LogP contribution is 2.30. The number of carbonyl (C=O) groups excluding carboxylic acids is 2. The molecule has 9 nitrogen and oxygen atoms in total. The predicted molar refractivity (Wildman–Crippen MR) is 101 cm³/mol. The van der Waals surface area contributed by atoms with Crippen LogP contribution in [-0.4, -0.2) is 31.1 Å². The van der Waals surface area contributed by atoms with Gasteiger partial charge in [0.05, 0.1) is 24.7 Å². The summed E-state index contributed by atoms with van der Waals surface area (Å²) in [6.45, 7) is 1.52. The van der Waals surface area contributed by atoms with Gasteiger partial charge in [-0.3, -0.25) is 10.1 Å². The Morgan fingerprint density at radius 2 is 1.86 bits per heavy atom. The molecule has 2 aromatic rings. The summed E-state index contributed by atoms with van der Waals surface area (Å²) in [6.07, 6.45) is 1.31. The van der Waals surface area contributed by atoms with E-state index in [4.69, 9.17) is 14.7 Å². The number of nitro groups is 1. The summed E-state index contributed by atoms with van der Waals surface area (Å²) in [5.41, 5.74) is 0.602. The van der Waals surface area contributed by atoms with E-state index in [1.807, 2.05) is 0 Å². The minimum absolute atomic E-state index is 0.0993. The first-order valence-corrected chi connectivity index (χ1v) is 8.16. The highest BCUT2D eigenvalue weighted by atomic mass is 16.6. The van der Waals surface area contributed by atoms with Crippen LogP contribution in [0.3, 0.4) is 0 Å². The van der Waals surface area contributed by atoms with Crippen molar-refractivity contribution in [1.29, 1.82) is 5.26 Å². The molecule has 0 aliphatic heterocycles. The molecule has 0 bridgehead atoms. The molecule has 148 valence electrons. The minimum atomic E-state index is -0.782. The Hall–Kier alpha value is -4.19. The smallest absolute Gasteiger partial charge is 0.348 e. The Morgan fingerprint density at radius 3 is 2.41 bits per heavy atom. The molecule has 0 aliphatic rings. The molecule has 29 heavy (non-hydrogen) atoms. The third-order valence-corrected chi connectivity index (χ3v) is 3.86. The van der Waals surface area contributed by atoms with E-state index < -0.39 is 16.9 Å². The second-order valence-corrected chi connectivity index (χ2v) is 5.72. The quantitative estimate of drug-likeness (QED) is 0.182. The lowest BCUT2D eigenvalue weighted by Crippen LogP contribution is -2.10. The molecule has 0 radical (unpaired) electrons. The Labute approximate surface area is 165 Å². The van der Waals surface area contributed by atoms with Crippen molar-refractivity contribution in [3.05, 3.63) is 68.8 Å². The zero-order chi connectivity index (χ0) is 21.6. The maximum absolute atomic E-state index is 12.4. The summed E-state index contributed by atoms with van der Waals surface area (Å²) < 4.78 is 15.0. The molecule has 2 rings (SSSR count). The summed E-state index contributed by atoms with van der Waals surface area (Å²) in [5, 5.41) is 19.9. The van der Waals surface area contributed by atoms with Crippen molar-refractivity contribution in [2.45, 2.75) is 6.92 Å². The zero-order valence-corrected chi connectivity index (χ0v) is 15.8. The van der Waals surface area contributed by atoms with E-state index in [-0.39, 0.29) is 28.3 Å². The molecule has 0 atom stereocenters. The van der Waals surface area contributed by atoms with Gasteiger partial charge in [0, 0.05) is 11.6 Å². The van der Waals surface area contributed by atoms with Gasteiger partial charge in [0.25, 0.3) is 5.69 Å². The fourth-order valence-corrected chi connectivity index (χ4v) is 2.42. The van der Waals surface area contributed by atoms with E-state index in [1.54, 1.807) is 6.07 Å². The van der Waals surface area contributed by atoms with Crippen LogP contribution in [0.25, 0.3) is 6.08 Å². The second-order valence-electron chi connectivity index (χ2n) is 5.72. The van der Waals surface area contributed by atoms with Crippen LogP contribution in [0, 0.1) is 28.4 Å². The molecule has 2 aromatic carbocycles. The van der Waals surface area contributed by atoms with Gasteiger partial charge in [0.1, 0.15) is 11.6 Å². The van der Waals surface area contributed by atoms with Gasteiger partial charge >= 0.3 is 11.9 Å². The Balaban J connectivity index is 2.30. The summed E-state index contributed by atoms with van der Waals surface area (Å²) in [4.78, 5) is 34.2. The molecule has 9 heteroatoms. The maximum atomic E-state index is 12.4. The maximum Gasteiger partial charge on any atom is 0.348 e. The van der Waals surface area contributed by atoms with Crippen LogP contribution >= 0.6 is 0 Å². The van der Waals surface area contributed by atoms with Crippen molar-refractivity contribution in [2.75, 3.05) is 14.2 Å². The van der Waals surface area contributed by atoms with Crippen molar-refractivity contribution in [1.82, 2.24) is 0 Å². The molecule has 0 spiro atoms. The number of rotatable bonds is 6. The van der Waals surface area contributed by atoms with E-state index in [0.29, 0.717) is 11.1 Å². The molecule has 0 amide bonds. The van der Waals surface area contributed by atoms with Gasteiger partial charge < -0.3 is 14.2 Å². The number of ether oxygens (including phenoxy) is 3. The molecule has 0 N–H and O–H groups in total. The number of benzene rings is 2. The highest BCUT2D eigenvalue weighted by molar-refractivity contribution is 5.98. The largest absolute Gasteiger partial charge is 0.493 e. The van der Waals surface area contributed by atoms with Crippen LogP contribution in [0.5, 0.6) is 11.5 Å². The number of nitrogens with zero attached hydrogens (tertiary/aromatic N) is 2. The number of esters is 2. The molecule has 0 heterocycles. The molecular formula is C20H16N2O7. The van der Waals surface area contributed by atoms with E-state index >= 15 is 0 Å². The van der Waals surface area contributed by atoms with Crippen molar-refractivity contribution in [3.63, 3.8) is 0 Å². The molecule has 0 fully saturated rings. The van der Waals surface area contributed by atoms with E-state index in [9.17, 15) is 19.7 Å². The second kappa shape index (κ2) is 9.14. The Bertz CT molecular complexity index is 1050. The first-order chi connectivity index (χ1) is 13.8. The number of aryl methyl sites for hydroxylation is 1. The van der Waals surface area contributed by atoms with Gasteiger partial charge in [-0.1, -0.05) is 6.07 Å². The van der Waals surface area contributed by atoms with Crippen molar-refractivity contribution < 1.29 is 28.7 Å². The summed E-state index contributed by atoms with van der Waals surface area (Å²) >= 11 is 0. The Kier molecular flexibility index (Phi) is 6.66. The summed E-state index contributed by atoms with van der Waals surface area (Å²) in [6, 6.07) is 10.1. The monoisotopic (exact) mass is 396 g/mol. The molecule has 0 aliphatic carbocycles. The van der Waals surface area contributed by atoms with Gasteiger partial charge in [0.2, 0.25) is 0 Å². The number of methoxy groups -OCH3 is 2. The molecule has 0 saturated heterocycles. The third kappa shape index (κ3) is 4.95. The predicted octanol–water partition coefficient (Wildman–Crippen LogP) is 3.21. The van der Waals surface area contributed by atoms with Crippen LogP contribution in [0.15, 0.2) is 42.0 Å². The van der Waals surface area contributed by atoms with Gasteiger partial charge in [-0.25, -0.2) is 9.59 Å². The minimum Gasteiger partial charge on any atom is -0.493 e. The first kappa shape index (κ1) is 21.1. The number of hydrogen-bond acceptors (Lipinski definition) is 8. The number of nitro benzene ring substituents is 1. The fourth-order valence-electron chi connectivity index (χ4n) is 2.42. The molecular weight excluding hydrogens is 380 g/mol. The molecule has 0 saturated carbocycles. The fraction of sp³-hybridized carbons (Fsp3) is 0.150. The number of nitriles is 1. The third-order valence-electron chi connectivity index (χ3n) is 3.86. The van der Waals surface area contributed by atoms with Crippen LogP contribution in [-0.2, 0) is 9.53 Å². The first-order valence-electron chi connectivity index (χ1n) is 8.16. The summed E-state index contributed by atoms with van der Waals surface area (Å²) in [7, 11) is 2.53. The van der Waals surface area contributed by atoms with Crippen molar-refractivity contribution >= 4 is 23.7 Å². The number of carbonyl (C=O) groups is 2. The average molecular weight is 396 g/mol. The van der Waals surface area contributed by atoms with Gasteiger partial charge in [-0.2, -0.15) is 5.26 Å². The normalized spacial score (nSPS) is 10.6. The SMILES string of the molecule is COC(=O)C(C#N)=Cc1ccc(OC(=O)c2ccc([N+](=O)[O-])c(C)c2)c(OC)c1. The van der Waals surface area contributed by atoms with Crippen LogP contribution < -0.4 is 9.47 Å². The van der Waals surface area contributed by atoms with Crippen LogP contribution in [0.4, 0.5) is 5.69 Å². The van der Waals surface area contributed by atoms with Crippen molar-refractivity contribution in [3.8, 4) is 17.6 Å². The summed E-state index contributed by atoms with van der Waals surface area (Å²) in [5.74, 6) is -1.22. The Morgan fingerprint density at radius 1 is 1.14 bits per heavy atom. The lowest BCUT2D eigenvalue weighted by Gasteiger charge is -2.10. The van der Waals surface area contributed by atoms with Crippen LogP contribution in [0.2, 0.25) is 0 Å².